The van der Waals surface area contributed by atoms with Crippen LogP contribution in [0.5, 0.6) is 5.75 Å². The lowest BCUT2D eigenvalue weighted by Crippen LogP contribution is -2.38. The largest absolute Gasteiger partial charge is 0.497 e. The molecule has 0 aromatic heterocycles. The lowest BCUT2D eigenvalue weighted by atomic mass is 9.96. The molecule has 0 saturated heterocycles. The first-order valence-electron chi connectivity index (χ1n) is 9.91. The molecule has 6 nitrogen and oxygen atoms in total. The lowest BCUT2D eigenvalue weighted by Gasteiger charge is -2.30. The number of nitrogens with one attached hydrogen (secondary N) is 1. The summed E-state index contributed by atoms with van der Waals surface area (Å²) in [6.45, 7) is 0.349. The molecule has 29 heavy (non-hydrogen) atoms. The molecule has 2 aromatic rings. The third kappa shape index (κ3) is 5.16. The van der Waals surface area contributed by atoms with Crippen LogP contribution in [-0.4, -0.2) is 38.8 Å². The SMILES string of the molecule is COc1ccc(CNC(=O)c2cccc(S(=O)(=O)N(C)C3CCCCC3)c2)cc1. The van der Waals surface area contributed by atoms with Gasteiger partial charge in [0, 0.05) is 25.2 Å². The van der Waals surface area contributed by atoms with Gasteiger partial charge in [-0.2, -0.15) is 4.31 Å². The molecule has 0 radical (unpaired) electrons. The highest BCUT2D eigenvalue weighted by Crippen LogP contribution is 2.26. The van der Waals surface area contributed by atoms with Crippen molar-refractivity contribution < 1.29 is 17.9 Å². The maximum atomic E-state index is 13.0. The molecule has 0 heterocycles. The van der Waals surface area contributed by atoms with Crippen LogP contribution in [0.15, 0.2) is 53.4 Å². The van der Waals surface area contributed by atoms with E-state index in [1.807, 2.05) is 24.3 Å². The summed E-state index contributed by atoms with van der Waals surface area (Å²) in [4.78, 5) is 12.7. The van der Waals surface area contributed by atoms with Gasteiger partial charge in [0.2, 0.25) is 10.0 Å². The molecule has 0 bridgehead atoms. The Morgan fingerprint density at radius 2 is 1.79 bits per heavy atom. The molecule has 0 unspecified atom stereocenters. The Morgan fingerprint density at radius 1 is 1.10 bits per heavy atom. The van der Waals surface area contributed by atoms with Gasteiger partial charge in [0.15, 0.2) is 0 Å². The molecule has 1 aliphatic rings. The van der Waals surface area contributed by atoms with Gasteiger partial charge in [-0.15, -0.1) is 0 Å². The van der Waals surface area contributed by atoms with Crippen molar-refractivity contribution in [3.05, 3.63) is 59.7 Å². The zero-order valence-corrected chi connectivity index (χ0v) is 17.7. The third-order valence-corrected chi connectivity index (χ3v) is 7.38. The van der Waals surface area contributed by atoms with Crippen LogP contribution in [0, 0.1) is 0 Å². The molecule has 1 amide bonds. The van der Waals surface area contributed by atoms with Crippen molar-refractivity contribution in [3.8, 4) is 5.75 Å². The summed E-state index contributed by atoms with van der Waals surface area (Å²) in [6.07, 6.45) is 5.04. The summed E-state index contributed by atoms with van der Waals surface area (Å²) in [5.41, 5.74) is 1.26. The van der Waals surface area contributed by atoms with Crippen molar-refractivity contribution in [2.24, 2.45) is 0 Å². The molecule has 1 N–H and O–H groups in total. The van der Waals surface area contributed by atoms with Gasteiger partial charge in [0.05, 0.1) is 12.0 Å². The van der Waals surface area contributed by atoms with Gasteiger partial charge in [-0.05, 0) is 48.7 Å². The predicted octanol–water partition coefficient (Wildman–Crippen LogP) is 3.58. The second-order valence-electron chi connectivity index (χ2n) is 7.37. The molecule has 0 spiro atoms. The summed E-state index contributed by atoms with van der Waals surface area (Å²) in [7, 11) is -0.389. The van der Waals surface area contributed by atoms with Crippen LogP contribution >= 0.6 is 0 Å². The minimum atomic E-state index is -3.63. The highest BCUT2D eigenvalue weighted by molar-refractivity contribution is 7.89. The molecule has 1 fully saturated rings. The van der Waals surface area contributed by atoms with Crippen molar-refractivity contribution >= 4 is 15.9 Å². The summed E-state index contributed by atoms with van der Waals surface area (Å²) in [5, 5.41) is 2.84. The van der Waals surface area contributed by atoms with Crippen LogP contribution in [0.2, 0.25) is 0 Å². The Labute approximate surface area is 172 Å². The molecule has 1 aliphatic carbocycles. The number of carbonyl (C=O) groups is 1. The first-order chi connectivity index (χ1) is 13.9. The Kier molecular flexibility index (Phi) is 6.92. The molecule has 2 aromatic carbocycles. The van der Waals surface area contributed by atoms with Crippen molar-refractivity contribution in [1.82, 2.24) is 9.62 Å². The summed E-state index contributed by atoms with van der Waals surface area (Å²) >= 11 is 0. The number of carbonyl (C=O) groups excluding carboxylic acids is 1. The molecule has 7 heteroatoms. The maximum Gasteiger partial charge on any atom is 0.251 e. The van der Waals surface area contributed by atoms with Gasteiger partial charge in [-0.25, -0.2) is 8.42 Å². The van der Waals surface area contributed by atoms with E-state index in [1.165, 1.54) is 10.4 Å². The first-order valence-corrected chi connectivity index (χ1v) is 11.3. The van der Waals surface area contributed by atoms with Gasteiger partial charge in [-0.3, -0.25) is 4.79 Å². The highest BCUT2D eigenvalue weighted by Gasteiger charge is 2.29. The summed E-state index contributed by atoms with van der Waals surface area (Å²) in [6, 6.07) is 13.7. The van der Waals surface area contributed by atoms with Gasteiger partial charge in [0.1, 0.15) is 5.75 Å². The Morgan fingerprint density at radius 3 is 2.45 bits per heavy atom. The topological polar surface area (TPSA) is 75.7 Å². The Bertz CT molecular complexity index is 936. The normalized spacial score (nSPS) is 15.3. The number of amides is 1. The quantitative estimate of drug-likeness (QED) is 0.749. The fraction of sp³-hybridized carbons (Fsp3) is 0.409. The molecular formula is C22H28N2O4S. The zero-order chi connectivity index (χ0) is 20.9. The number of methoxy groups -OCH3 is 1. The van der Waals surface area contributed by atoms with Crippen molar-refractivity contribution in [3.63, 3.8) is 0 Å². The molecule has 0 aliphatic heterocycles. The van der Waals surface area contributed by atoms with Crippen molar-refractivity contribution in [2.75, 3.05) is 14.2 Å². The Hall–Kier alpha value is -2.38. The van der Waals surface area contributed by atoms with E-state index < -0.39 is 10.0 Å². The molecule has 156 valence electrons. The molecule has 1 saturated carbocycles. The van der Waals surface area contributed by atoms with E-state index >= 15 is 0 Å². The second kappa shape index (κ2) is 9.41. The number of hydrogen-bond donors (Lipinski definition) is 1. The van der Waals surface area contributed by atoms with Crippen LogP contribution in [0.1, 0.15) is 48.0 Å². The van der Waals surface area contributed by atoms with E-state index in [1.54, 1.807) is 32.4 Å². The van der Waals surface area contributed by atoms with Gasteiger partial charge in [-0.1, -0.05) is 37.5 Å². The van der Waals surface area contributed by atoms with Gasteiger partial charge < -0.3 is 10.1 Å². The predicted molar refractivity (Wildman–Crippen MR) is 112 cm³/mol. The number of hydrogen-bond acceptors (Lipinski definition) is 4. The highest BCUT2D eigenvalue weighted by atomic mass is 32.2. The summed E-state index contributed by atoms with van der Waals surface area (Å²) < 4.78 is 32.7. The Balaban J connectivity index is 1.69. The van der Waals surface area contributed by atoms with Crippen LogP contribution in [0.4, 0.5) is 0 Å². The van der Waals surface area contributed by atoms with Crippen LogP contribution in [-0.2, 0) is 16.6 Å². The number of sulfonamides is 1. The van der Waals surface area contributed by atoms with Crippen LogP contribution < -0.4 is 10.1 Å². The minimum Gasteiger partial charge on any atom is -0.497 e. The molecular weight excluding hydrogens is 388 g/mol. The van der Waals surface area contributed by atoms with Gasteiger partial charge >= 0.3 is 0 Å². The van der Waals surface area contributed by atoms with E-state index in [4.69, 9.17) is 4.74 Å². The first kappa shape index (κ1) is 21.3. The van der Waals surface area contributed by atoms with E-state index in [0.717, 1.165) is 43.4 Å². The molecule has 3 rings (SSSR count). The van der Waals surface area contributed by atoms with Crippen molar-refractivity contribution in [1.29, 1.82) is 0 Å². The van der Waals surface area contributed by atoms with E-state index in [2.05, 4.69) is 5.32 Å². The number of nitrogens with zero attached hydrogens (tertiary/aromatic N) is 1. The van der Waals surface area contributed by atoms with E-state index in [0.29, 0.717) is 12.1 Å². The average Bonchev–Trinajstić information content (AvgIpc) is 2.78. The van der Waals surface area contributed by atoms with Gasteiger partial charge in [0.25, 0.3) is 5.91 Å². The minimum absolute atomic E-state index is 0.0290. The fourth-order valence-electron chi connectivity index (χ4n) is 3.63. The monoisotopic (exact) mass is 416 g/mol. The van der Waals surface area contributed by atoms with Crippen molar-refractivity contribution in [2.45, 2.75) is 49.6 Å². The number of ether oxygens (including phenoxy) is 1. The average molecular weight is 417 g/mol. The summed E-state index contributed by atoms with van der Waals surface area (Å²) in [5.74, 6) is 0.443. The zero-order valence-electron chi connectivity index (χ0n) is 16.9. The van der Waals surface area contributed by atoms with E-state index in [9.17, 15) is 13.2 Å². The smallest absolute Gasteiger partial charge is 0.251 e. The number of rotatable bonds is 7. The third-order valence-electron chi connectivity index (χ3n) is 5.47. The van der Waals surface area contributed by atoms with Crippen LogP contribution in [0.3, 0.4) is 0 Å². The van der Waals surface area contributed by atoms with Crippen LogP contribution in [0.25, 0.3) is 0 Å². The number of benzene rings is 2. The van der Waals surface area contributed by atoms with E-state index in [-0.39, 0.29) is 16.8 Å². The maximum absolute atomic E-state index is 13.0. The standard InChI is InChI=1S/C22H28N2O4S/c1-24(19-8-4-3-5-9-19)29(26,27)21-10-6-7-18(15-21)22(25)23-16-17-11-13-20(28-2)14-12-17/h6-7,10-15,19H,3-5,8-9,16H2,1-2H3,(H,23,25). The second-order valence-corrected chi connectivity index (χ2v) is 9.37. The fourth-order valence-corrected chi connectivity index (χ4v) is 5.10. The lowest BCUT2D eigenvalue weighted by molar-refractivity contribution is 0.0950. The molecule has 0 atom stereocenters.